The van der Waals surface area contributed by atoms with Crippen LogP contribution in [0.1, 0.15) is 20.3 Å². The van der Waals surface area contributed by atoms with Crippen molar-refractivity contribution >= 4 is 11.8 Å². The molecule has 1 aromatic rings. The summed E-state index contributed by atoms with van der Waals surface area (Å²) in [6.07, 6.45) is 2.62. The molecule has 0 fully saturated rings. The van der Waals surface area contributed by atoms with Gasteiger partial charge < -0.3 is 10.3 Å². The Balaban J connectivity index is 2.09. The summed E-state index contributed by atoms with van der Waals surface area (Å²) < 4.78 is 0. The Morgan fingerprint density at radius 2 is 2.38 bits per heavy atom. The molecule has 1 aromatic heterocycles. The molecule has 0 aliphatic carbocycles. The third kappa shape index (κ3) is 5.92. The quantitative estimate of drug-likeness (QED) is 0.431. The van der Waals surface area contributed by atoms with Crippen molar-refractivity contribution in [2.45, 2.75) is 25.4 Å². The van der Waals surface area contributed by atoms with Crippen LogP contribution in [-0.2, 0) is 0 Å². The standard InChI is InChI=1S/C11H19N3OS/c1-9(2)8-12-5-3-7-16-11-13-6-4-10(15)14-11/h4,6,9,12H,3,5,7-8H2,1-2H3,(H,13,14,15). The summed E-state index contributed by atoms with van der Waals surface area (Å²) >= 11 is 1.59. The van der Waals surface area contributed by atoms with E-state index in [2.05, 4.69) is 29.1 Å². The molecule has 0 amide bonds. The summed E-state index contributed by atoms with van der Waals surface area (Å²) in [5, 5.41) is 4.08. The highest BCUT2D eigenvalue weighted by Gasteiger charge is 1.96. The lowest BCUT2D eigenvalue weighted by atomic mass is 10.2. The highest BCUT2D eigenvalue weighted by Crippen LogP contribution is 2.10. The van der Waals surface area contributed by atoms with Gasteiger partial charge in [0.2, 0.25) is 0 Å². The van der Waals surface area contributed by atoms with Gasteiger partial charge in [-0.25, -0.2) is 4.98 Å². The number of nitrogens with one attached hydrogen (secondary N) is 2. The number of rotatable bonds is 7. The Kier molecular flexibility index (Phi) is 6.18. The molecule has 90 valence electrons. The predicted molar refractivity (Wildman–Crippen MR) is 67.9 cm³/mol. The average Bonchev–Trinajstić information content (AvgIpc) is 2.23. The van der Waals surface area contributed by atoms with E-state index in [9.17, 15) is 4.79 Å². The number of thioether (sulfide) groups is 1. The molecule has 0 atom stereocenters. The summed E-state index contributed by atoms with van der Waals surface area (Å²) in [7, 11) is 0. The van der Waals surface area contributed by atoms with E-state index in [-0.39, 0.29) is 5.56 Å². The van der Waals surface area contributed by atoms with Crippen molar-refractivity contribution < 1.29 is 0 Å². The number of aromatic nitrogens is 2. The van der Waals surface area contributed by atoms with Crippen LogP contribution in [0.3, 0.4) is 0 Å². The fourth-order valence-corrected chi connectivity index (χ4v) is 1.97. The van der Waals surface area contributed by atoms with Crippen molar-refractivity contribution in [1.29, 1.82) is 0 Å². The second-order valence-electron chi connectivity index (χ2n) is 4.04. The monoisotopic (exact) mass is 241 g/mol. The van der Waals surface area contributed by atoms with Gasteiger partial charge in [-0.15, -0.1) is 0 Å². The lowest BCUT2D eigenvalue weighted by Gasteiger charge is -2.06. The van der Waals surface area contributed by atoms with Crippen molar-refractivity contribution in [3.63, 3.8) is 0 Å². The minimum absolute atomic E-state index is 0.0876. The highest BCUT2D eigenvalue weighted by atomic mass is 32.2. The van der Waals surface area contributed by atoms with Gasteiger partial charge in [-0.3, -0.25) is 4.79 Å². The van der Waals surface area contributed by atoms with E-state index >= 15 is 0 Å². The molecule has 0 aliphatic heterocycles. The third-order valence-corrected chi connectivity index (χ3v) is 2.91. The van der Waals surface area contributed by atoms with Gasteiger partial charge in [-0.1, -0.05) is 25.6 Å². The lowest BCUT2D eigenvalue weighted by Crippen LogP contribution is -2.21. The first-order valence-electron chi connectivity index (χ1n) is 5.57. The van der Waals surface area contributed by atoms with Gasteiger partial charge in [-0.05, 0) is 25.4 Å². The van der Waals surface area contributed by atoms with E-state index in [1.54, 1.807) is 11.8 Å². The van der Waals surface area contributed by atoms with Gasteiger partial charge in [0.1, 0.15) is 0 Å². The fraction of sp³-hybridized carbons (Fsp3) is 0.636. The van der Waals surface area contributed by atoms with Gasteiger partial charge in [0.05, 0.1) is 0 Å². The number of hydrogen-bond donors (Lipinski definition) is 2. The Morgan fingerprint density at radius 1 is 1.56 bits per heavy atom. The molecule has 0 bridgehead atoms. The summed E-state index contributed by atoms with van der Waals surface area (Å²) in [5.41, 5.74) is -0.0876. The molecule has 0 radical (unpaired) electrons. The summed E-state index contributed by atoms with van der Waals surface area (Å²) in [6, 6.07) is 1.42. The molecule has 0 saturated heterocycles. The van der Waals surface area contributed by atoms with Crippen LogP contribution in [0.15, 0.2) is 22.2 Å². The second-order valence-corrected chi connectivity index (χ2v) is 5.12. The minimum atomic E-state index is -0.0876. The van der Waals surface area contributed by atoms with Gasteiger partial charge >= 0.3 is 0 Å². The van der Waals surface area contributed by atoms with Crippen molar-refractivity contribution in [3.8, 4) is 0 Å². The molecular formula is C11H19N3OS. The van der Waals surface area contributed by atoms with Crippen LogP contribution in [0.5, 0.6) is 0 Å². The number of aromatic amines is 1. The van der Waals surface area contributed by atoms with Crippen LogP contribution in [0.25, 0.3) is 0 Å². The lowest BCUT2D eigenvalue weighted by molar-refractivity contribution is 0.551. The van der Waals surface area contributed by atoms with Crippen LogP contribution < -0.4 is 10.9 Å². The first-order valence-corrected chi connectivity index (χ1v) is 6.56. The van der Waals surface area contributed by atoms with E-state index in [0.717, 1.165) is 25.3 Å². The number of nitrogens with zero attached hydrogens (tertiary/aromatic N) is 1. The van der Waals surface area contributed by atoms with Crippen molar-refractivity contribution in [2.75, 3.05) is 18.8 Å². The minimum Gasteiger partial charge on any atom is -0.316 e. The molecule has 5 heteroatoms. The van der Waals surface area contributed by atoms with Crippen LogP contribution in [0, 0.1) is 5.92 Å². The van der Waals surface area contributed by atoms with Crippen molar-refractivity contribution in [2.24, 2.45) is 5.92 Å². The zero-order valence-electron chi connectivity index (χ0n) is 9.82. The zero-order chi connectivity index (χ0) is 11.8. The van der Waals surface area contributed by atoms with Gasteiger partial charge in [0.25, 0.3) is 5.56 Å². The molecule has 0 aromatic carbocycles. The summed E-state index contributed by atoms with van der Waals surface area (Å²) in [6.45, 7) is 6.47. The third-order valence-electron chi connectivity index (χ3n) is 1.94. The molecular weight excluding hydrogens is 222 g/mol. The van der Waals surface area contributed by atoms with E-state index in [1.807, 2.05) is 0 Å². The van der Waals surface area contributed by atoms with Crippen LogP contribution in [-0.4, -0.2) is 28.8 Å². The molecule has 0 saturated carbocycles. The molecule has 4 nitrogen and oxygen atoms in total. The predicted octanol–water partition coefficient (Wildman–Crippen LogP) is 1.50. The smallest absolute Gasteiger partial charge is 0.251 e. The van der Waals surface area contributed by atoms with Crippen LogP contribution in [0.2, 0.25) is 0 Å². The maximum Gasteiger partial charge on any atom is 0.251 e. The first-order chi connectivity index (χ1) is 7.68. The maximum absolute atomic E-state index is 11.0. The Bertz CT molecular complexity index is 351. The number of hydrogen-bond acceptors (Lipinski definition) is 4. The molecule has 0 spiro atoms. The van der Waals surface area contributed by atoms with Crippen molar-refractivity contribution in [3.05, 3.63) is 22.6 Å². The normalized spacial score (nSPS) is 10.9. The Hall–Kier alpha value is -0.810. The Morgan fingerprint density at radius 3 is 3.06 bits per heavy atom. The summed E-state index contributed by atoms with van der Waals surface area (Å²) in [4.78, 5) is 17.7. The topological polar surface area (TPSA) is 57.8 Å². The van der Waals surface area contributed by atoms with Crippen LogP contribution >= 0.6 is 11.8 Å². The van der Waals surface area contributed by atoms with E-state index in [4.69, 9.17) is 0 Å². The van der Waals surface area contributed by atoms with Crippen molar-refractivity contribution in [1.82, 2.24) is 15.3 Å². The number of H-pyrrole nitrogens is 1. The average molecular weight is 241 g/mol. The SMILES string of the molecule is CC(C)CNCCCSc1nccc(=O)[nH]1. The largest absolute Gasteiger partial charge is 0.316 e. The maximum atomic E-state index is 11.0. The van der Waals surface area contributed by atoms with Gasteiger partial charge in [0.15, 0.2) is 5.16 Å². The van der Waals surface area contributed by atoms with Gasteiger partial charge in [0, 0.05) is 18.0 Å². The fourth-order valence-electron chi connectivity index (χ4n) is 1.18. The molecule has 16 heavy (non-hydrogen) atoms. The van der Waals surface area contributed by atoms with E-state index in [0.29, 0.717) is 11.1 Å². The molecule has 0 unspecified atom stereocenters. The van der Waals surface area contributed by atoms with E-state index < -0.39 is 0 Å². The van der Waals surface area contributed by atoms with Gasteiger partial charge in [-0.2, -0.15) is 0 Å². The molecule has 1 rings (SSSR count). The zero-order valence-corrected chi connectivity index (χ0v) is 10.6. The second kappa shape index (κ2) is 7.46. The van der Waals surface area contributed by atoms with E-state index in [1.165, 1.54) is 12.3 Å². The molecule has 2 N–H and O–H groups in total. The molecule has 0 aliphatic rings. The summed E-state index contributed by atoms with van der Waals surface area (Å²) in [5.74, 6) is 1.66. The highest BCUT2D eigenvalue weighted by molar-refractivity contribution is 7.99. The molecule has 1 heterocycles. The van der Waals surface area contributed by atoms with Crippen LogP contribution in [0.4, 0.5) is 0 Å². The first kappa shape index (κ1) is 13.3. The Labute approximate surface area is 100 Å².